The average molecular weight is 220 g/mol. The molecule has 0 fully saturated rings. The summed E-state index contributed by atoms with van der Waals surface area (Å²) in [5.74, 6) is -0.166. The summed E-state index contributed by atoms with van der Waals surface area (Å²) in [7, 11) is 0. The maximum absolute atomic E-state index is 11.7. The van der Waals surface area contributed by atoms with E-state index in [2.05, 4.69) is 6.92 Å². The number of ether oxygens (including phenoxy) is 1. The quantitative estimate of drug-likeness (QED) is 0.740. The molecule has 1 aromatic carbocycles. The fraction of sp³-hybridized carbons (Fsp3) is 0.462. The van der Waals surface area contributed by atoms with Crippen molar-refractivity contribution in [3.05, 3.63) is 28.8 Å². The Labute approximate surface area is 95.0 Å². The summed E-state index contributed by atoms with van der Waals surface area (Å²) in [6.07, 6.45) is 0.774. The van der Waals surface area contributed by atoms with Crippen LogP contribution in [0.25, 0.3) is 0 Å². The van der Waals surface area contributed by atoms with Crippen molar-refractivity contribution in [2.75, 3.05) is 0 Å². The molecule has 3 nitrogen and oxygen atoms in total. The molecule has 1 heterocycles. The Balaban J connectivity index is 2.63. The van der Waals surface area contributed by atoms with Gasteiger partial charge < -0.3 is 9.84 Å². The zero-order valence-electron chi connectivity index (χ0n) is 9.78. The molecular weight excluding hydrogens is 204 g/mol. The molecule has 0 aliphatic carbocycles. The minimum atomic E-state index is -0.409. The van der Waals surface area contributed by atoms with Crippen LogP contribution in [-0.4, -0.2) is 17.2 Å². The molecule has 1 aliphatic rings. The van der Waals surface area contributed by atoms with Gasteiger partial charge >= 0.3 is 5.97 Å². The maximum Gasteiger partial charge on any atom is 0.342 e. The van der Waals surface area contributed by atoms with Crippen LogP contribution in [-0.2, 0) is 4.74 Å². The number of esters is 1. The molecule has 0 bridgehead atoms. The molecular formula is C13H16O3. The number of aromatic hydroxyl groups is 1. The summed E-state index contributed by atoms with van der Waals surface area (Å²) in [5, 5.41) is 9.91. The predicted octanol–water partition coefficient (Wildman–Crippen LogP) is 2.75. The Bertz CT molecular complexity index is 437. The molecule has 0 aromatic heterocycles. The van der Waals surface area contributed by atoms with Gasteiger partial charge in [0.2, 0.25) is 0 Å². The van der Waals surface area contributed by atoms with Crippen molar-refractivity contribution in [3.8, 4) is 5.75 Å². The first-order valence-corrected chi connectivity index (χ1v) is 5.59. The minimum Gasteiger partial charge on any atom is -0.507 e. The molecule has 86 valence electrons. The number of aryl methyl sites for hydroxylation is 1. The van der Waals surface area contributed by atoms with Crippen molar-refractivity contribution in [3.63, 3.8) is 0 Å². The molecule has 0 saturated carbocycles. The van der Waals surface area contributed by atoms with Crippen LogP contribution in [0.1, 0.15) is 47.7 Å². The third-order valence-electron chi connectivity index (χ3n) is 3.31. The van der Waals surface area contributed by atoms with Gasteiger partial charge in [-0.2, -0.15) is 0 Å². The monoisotopic (exact) mass is 220 g/mol. The number of carbonyl (C=O) groups excluding carboxylic acids is 1. The standard InChI is InChI=1S/C13H16O3/c1-4-9-8(3)16-13(15)11-10(9)6-5-7(2)12(11)14/h5-6,8-9,14H,4H2,1-3H3/t8-,9-/m1/s1. The number of cyclic esters (lactones) is 1. The third kappa shape index (κ3) is 1.47. The fourth-order valence-corrected chi connectivity index (χ4v) is 2.35. The molecule has 0 spiro atoms. The van der Waals surface area contributed by atoms with Gasteiger partial charge in [0, 0.05) is 5.92 Å². The number of fused-ring (bicyclic) bond motifs is 1. The number of benzene rings is 1. The van der Waals surface area contributed by atoms with Crippen molar-refractivity contribution >= 4 is 5.97 Å². The van der Waals surface area contributed by atoms with Crippen molar-refractivity contribution in [1.29, 1.82) is 0 Å². The van der Waals surface area contributed by atoms with E-state index in [0.717, 1.165) is 12.0 Å². The second-order valence-corrected chi connectivity index (χ2v) is 4.32. The fourth-order valence-electron chi connectivity index (χ4n) is 2.35. The number of phenolic OH excluding ortho intramolecular Hbond substituents is 1. The average Bonchev–Trinajstić information content (AvgIpc) is 2.23. The van der Waals surface area contributed by atoms with E-state index in [1.54, 1.807) is 6.92 Å². The molecule has 0 amide bonds. The lowest BCUT2D eigenvalue weighted by atomic mass is 9.85. The highest BCUT2D eigenvalue weighted by Gasteiger charge is 2.34. The third-order valence-corrected chi connectivity index (χ3v) is 3.31. The molecule has 2 atom stereocenters. The van der Waals surface area contributed by atoms with Crippen LogP contribution >= 0.6 is 0 Å². The molecule has 1 N–H and O–H groups in total. The van der Waals surface area contributed by atoms with Crippen LogP contribution in [0.4, 0.5) is 0 Å². The molecule has 3 heteroatoms. The number of carbonyl (C=O) groups is 1. The van der Waals surface area contributed by atoms with E-state index in [9.17, 15) is 9.90 Å². The van der Waals surface area contributed by atoms with E-state index in [0.29, 0.717) is 11.1 Å². The summed E-state index contributed by atoms with van der Waals surface area (Å²) >= 11 is 0. The maximum atomic E-state index is 11.7. The number of hydrogen-bond donors (Lipinski definition) is 1. The Kier molecular flexibility index (Phi) is 2.62. The number of rotatable bonds is 1. The highest BCUT2D eigenvalue weighted by molar-refractivity contribution is 5.96. The summed E-state index contributed by atoms with van der Waals surface area (Å²) in [6.45, 7) is 5.73. The zero-order valence-corrected chi connectivity index (χ0v) is 9.78. The van der Waals surface area contributed by atoms with E-state index >= 15 is 0 Å². The van der Waals surface area contributed by atoms with Crippen molar-refractivity contribution in [2.24, 2.45) is 0 Å². The highest BCUT2D eigenvalue weighted by Crippen LogP contribution is 2.38. The lowest BCUT2D eigenvalue weighted by Crippen LogP contribution is -2.29. The SMILES string of the molecule is CC[C@H]1c2ccc(C)c(O)c2C(=O)O[C@@H]1C. The Morgan fingerprint density at radius 2 is 2.12 bits per heavy atom. The van der Waals surface area contributed by atoms with E-state index < -0.39 is 5.97 Å². The van der Waals surface area contributed by atoms with E-state index in [1.165, 1.54) is 0 Å². The Morgan fingerprint density at radius 3 is 2.75 bits per heavy atom. The zero-order chi connectivity index (χ0) is 11.9. The van der Waals surface area contributed by atoms with Crippen molar-refractivity contribution in [2.45, 2.75) is 39.2 Å². The Morgan fingerprint density at radius 1 is 1.44 bits per heavy atom. The first kappa shape index (κ1) is 11.0. The lowest BCUT2D eigenvalue weighted by Gasteiger charge is -2.30. The van der Waals surface area contributed by atoms with Gasteiger partial charge in [0.05, 0.1) is 0 Å². The van der Waals surface area contributed by atoms with Gasteiger partial charge in [-0.05, 0) is 31.4 Å². The van der Waals surface area contributed by atoms with E-state index in [-0.39, 0.29) is 17.8 Å². The van der Waals surface area contributed by atoms with E-state index in [4.69, 9.17) is 4.74 Å². The van der Waals surface area contributed by atoms with Crippen molar-refractivity contribution < 1.29 is 14.6 Å². The van der Waals surface area contributed by atoms with Crippen LogP contribution in [0.3, 0.4) is 0 Å². The van der Waals surface area contributed by atoms with Crippen LogP contribution < -0.4 is 0 Å². The summed E-state index contributed by atoms with van der Waals surface area (Å²) in [4.78, 5) is 11.7. The predicted molar refractivity (Wildman–Crippen MR) is 60.8 cm³/mol. The molecule has 0 radical (unpaired) electrons. The van der Waals surface area contributed by atoms with Crippen LogP contribution in [0.2, 0.25) is 0 Å². The molecule has 0 unspecified atom stereocenters. The van der Waals surface area contributed by atoms with Gasteiger partial charge in [-0.1, -0.05) is 19.1 Å². The largest absolute Gasteiger partial charge is 0.507 e. The minimum absolute atomic E-state index is 0.0628. The summed E-state index contributed by atoms with van der Waals surface area (Å²) < 4.78 is 5.25. The smallest absolute Gasteiger partial charge is 0.342 e. The molecule has 2 rings (SSSR count). The van der Waals surface area contributed by atoms with Crippen molar-refractivity contribution in [1.82, 2.24) is 0 Å². The topological polar surface area (TPSA) is 46.5 Å². The van der Waals surface area contributed by atoms with Gasteiger partial charge in [0.25, 0.3) is 0 Å². The van der Waals surface area contributed by atoms with Gasteiger partial charge in [-0.15, -0.1) is 0 Å². The highest BCUT2D eigenvalue weighted by atomic mass is 16.5. The molecule has 0 saturated heterocycles. The van der Waals surface area contributed by atoms with E-state index in [1.807, 2.05) is 19.1 Å². The van der Waals surface area contributed by atoms with Gasteiger partial charge in [0.1, 0.15) is 17.4 Å². The van der Waals surface area contributed by atoms with Crippen LogP contribution in [0.15, 0.2) is 12.1 Å². The molecule has 1 aromatic rings. The number of hydrogen-bond acceptors (Lipinski definition) is 3. The second kappa shape index (κ2) is 3.81. The van der Waals surface area contributed by atoms with Crippen LogP contribution in [0.5, 0.6) is 5.75 Å². The summed E-state index contributed by atoms with van der Waals surface area (Å²) in [5.41, 5.74) is 1.97. The Hall–Kier alpha value is -1.51. The first-order valence-electron chi connectivity index (χ1n) is 5.59. The molecule has 1 aliphatic heterocycles. The normalized spacial score (nSPS) is 23.8. The number of phenols is 1. The second-order valence-electron chi connectivity index (χ2n) is 4.32. The molecule has 16 heavy (non-hydrogen) atoms. The van der Waals surface area contributed by atoms with Gasteiger partial charge in [0.15, 0.2) is 0 Å². The summed E-state index contributed by atoms with van der Waals surface area (Å²) in [6, 6.07) is 3.78. The van der Waals surface area contributed by atoms with Gasteiger partial charge in [-0.3, -0.25) is 0 Å². The van der Waals surface area contributed by atoms with Crippen LogP contribution in [0, 0.1) is 6.92 Å². The van der Waals surface area contributed by atoms with Gasteiger partial charge in [-0.25, -0.2) is 4.79 Å². The lowest BCUT2D eigenvalue weighted by molar-refractivity contribution is 0.0217. The first-order chi connectivity index (χ1) is 7.56.